The van der Waals surface area contributed by atoms with Gasteiger partial charge in [-0.25, -0.2) is 9.37 Å². The van der Waals surface area contributed by atoms with Crippen LogP contribution < -0.4 is 15.1 Å². The first-order valence-electron chi connectivity index (χ1n) is 9.32. The van der Waals surface area contributed by atoms with E-state index in [4.69, 9.17) is 4.52 Å². The molecule has 0 aliphatic carbocycles. The zero-order valence-electron chi connectivity index (χ0n) is 16.0. The molecule has 1 aliphatic rings. The van der Waals surface area contributed by atoms with Crippen molar-refractivity contribution in [3.05, 3.63) is 42.6 Å². The number of anilines is 4. The fourth-order valence-corrected chi connectivity index (χ4v) is 3.15. The minimum absolute atomic E-state index is 0.499. The summed E-state index contributed by atoms with van der Waals surface area (Å²) in [6, 6.07) is 11.7. The van der Waals surface area contributed by atoms with Gasteiger partial charge in [-0.2, -0.15) is 4.98 Å². The molecule has 2 aromatic heterocycles. The number of nitrogens with zero attached hydrogens (tertiary/aromatic N) is 5. The number of piperidine rings is 1. The number of alkyl halides is 1. The van der Waals surface area contributed by atoms with Gasteiger partial charge < -0.3 is 19.6 Å². The molecule has 3 aromatic rings. The van der Waals surface area contributed by atoms with Crippen LogP contribution in [0.1, 0.15) is 12.8 Å². The second-order valence-electron chi connectivity index (χ2n) is 7.05. The van der Waals surface area contributed by atoms with Gasteiger partial charge in [-0.05, 0) is 31.0 Å². The first-order valence-corrected chi connectivity index (χ1v) is 9.32. The van der Waals surface area contributed by atoms with E-state index in [0.717, 1.165) is 16.9 Å². The summed E-state index contributed by atoms with van der Waals surface area (Å²) in [5.41, 5.74) is 2.84. The molecule has 0 bridgehead atoms. The molecule has 0 saturated carbocycles. The lowest BCUT2D eigenvalue weighted by Crippen LogP contribution is -2.35. The van der Waals surface area contributed by atoms with Crippen LogP contribution in [0.25, 0.3) is 11.3 Å². The van der Waals surface area contributed by atoms with Crippen molar-refractivity contribution in [1.82, 2.24) is 15.1 Å². The molecule has 0 amide bonds. The van der Waals surface area contributed by atoms with Crippen LogP contribution >= 0.6 is 0 Å². The number of hydrogen-bond donors (Lipinski definition) is 1. The van der Waals surface area contributed by atoms with Crippen molar-refractivity contribution in [3.8, 4) is 11.3 Å². The van der Waals surface area contributed by atoms with Crippen molar-refractivity contribution in [2.24, 2.45) is 0 Å². The summed E-state index contributed by atoms with van der Waals surface area (Å²) in [5, 5.41) is 7.25. The molecule has 1 aliphatic heterocycles. The Labute approximate surface area is 163 Å². The van der Waals surface area contributed by atoms with Gasteiger partial charge in [-0.3, -0.25) is 0 Å². The van der Waals surface area contributed by atoms with Crippen LogP contribution in [-0.2, 0) is 0 Å². The molecule has 1 saturated heterocycles. The zero-order chi connectivity index (χ0) is 19.5. The second-order valence-corrected chi connectivity index (χ2v) is 7.05. The highest BCUT2D eigenvalue weighted by Gasteiger charge is 2.20. The van der Waals surface area contributed by atoms with Crippen LogP contribution in [0.3, 0.4) is 0 Å². The zero-order valence-corrected chi connectivity index (χ0v) is 16.0. The van der Waals surface area contributed by atoms with Crippen molar-refractivity contribution in [3.63, 3.8) is 0 Å². The first kappa shape index (κ1) is 18.2. The molecular weight excluding hydrogens is 359 g/mol. The van der Waals surface area contributed by atoms with Crippen molar-refractivity contribution in [1.29, 1.82) is 0 Å². The van der Waals surface area contributed by atoms with Gasteiger partial charge in [0.1, 0.15) is 17.7 Å². The Morgan fingerprint density at radius 2 is 1.89 bits per heavy atom. The van der Waals surface area contributed by atoms with Gasteiger partial charge in [-0.1, -0.05) is 17.3 Å². The minimum atomic E-state index is -0.725. The van der Waals surface area contributed by atoms with E-state index in [1.807, 2.05) is 54.2 Å². The van der Waals surface area contributed by atoms with E-state index in [0.29, 0.717) is 43.6 Å². The summed E-state index contributed by atoms with van der Waals surface area (Å²) in [6.45, 7) is 1.25. The summed E-state index contributed by atoms with van der Waals surface area (Å²) < 4.78 is 18.7. The molecule has 0 radical (unpaired) electrons. The van der Waals surface area contributed by atoms with E-state index in [1.165, 1.54) is 0 Å². The third-order valence-corrected chi connectivity index (χ3v) is 4.79. The Morgan fingerprint density at radius 1 is 1.14 bits per heavy atom. The van der Waals surface area contributed by atoms with Gasteiger partial charge in [-0.15, -0.1) is 0 Å². The minimum Gasteiger partial charge on any atom is -0.378 e. The maximum Gasteiger partial charge on any atom is 0.230 e. The van der Waals surface area contributed by atoms with E-state index in [2.05, 4.69) is 20.4 Å². The number of hydrogen-bond acceptors (Lipinski definition) is 7. The van der Waals surface area contributed by atoms with E-state index in [1.54, 1.807) is 12.3 Å². The fourth-order valence-electron chi connectivity index (χ4n) is 3.15. The Bertz CT molecular complexity index is 918. The van der Waals surface area contributed by atoms with Gasteiger partial charge in [0, 0.05) is 50.7 Å². The SMILES string of the molecule is CN(C)c1ccc(-c2cc(Nc3ccnc(N4CCC(F)CC4)n3)on2)cc1. The van der Waals surface area contributed by atoms with Gasteiger partial charge in [0.25, 0.3) is 0 Å². The molecule has 146 valence electrons. The third kappa shape index (κ3) is 4.05. The summed E-state index contributed by atoms with van der Waals surface area (Å²) in [7, 11) is 4.01. The third-order valence-electron chi connectivity index (χ3n) is 4.79. The Hall–Kier alpha value is -3.16. The molecule has 28 heavy (non-hydrogen) atoms. The molecule has 8 heteroatoms. The molecule has 7 nitrogen and oxygen atoms in total. The molecule has 1 N–H and O–H groups in total. The lowest BCUT2D eigenvalue weighted by molar-refractivity contribution is 0.276. The highest BCUT2D eigenvalue weighted by Crippen LogP contribution is 2.26. The standard InChI is InChI=1S/C20H23FN6O/c1-26(2)16-5-3-14(4-6-16)17-13-19(28-25-17)23-18-7-10-22-20(24-18)27-11-8-15(21)9-12-27/h3-7,10,13,15H,8-9,11-12H2,1-2H3,(H,22,23,24). The molecule has 0 atom stereocenters. The van der Waals surface area contributed by atoms with Crippen LogP contribution in [0.15, 0.2) is 47.1 Å². The highest BCUT2D eigenvalue weighted by molar-refractivity contribution is 5.66. The van der Waals surface area contributed by atoms with E-state index >= 15 is 0 Å². The smallest absolute Gasteiger partial charge is 0.230 e. The number of halogens is 1. The molecule has 4 rings (SSSR count). The molecular formula is C20H23FN6O. The monoisotopic (exact) mass is 382 g/mol. The van der Waals surface area contributed by atoms with Crippen molar-refractivity contribution in [2.45, 2.75) is 19.0 Å². The van der Waals surface area contributed by atoms with Crippen LogP contribution in [0, 0.1) is 0 Å². The lowest BCUT2D eigenvalue weighted by Gasteiger charge is -2.28. The first-order chi connectivity index (χ1) is 13.6. The Balaban J connectivity index is 1.46. The largest absolute Gasteiger partial charge is 0.378 e. The normalized spacial score (nSPS) is 14.9. The molecule has 0 unspecified atom stereocenters. The predicted molar refractivity (Wildman–Crippen MR) is 108 cm³/mol. The number of aromatic nitrogens is 3. The summed E-state index contributed by atoms with van der Waals surface area (Å²) >= 11 is 0. The predicted octanol–water partition coefficient (Wildman–Crippen LogP) is 3.88. The van der Waals surface area contributed by atoms with Crippen molar-refractivity contribution in [2.75, 3.05) is 42.3 Å². The van der Waals surface area contributed by atoms with Gasteiger partial charge in [0.05, 0.1) is 0 Å². The van der Waals surface area contributed by atoms with Crippen LogP contribution in [0.4, 0.5) is 27.7 Å². The van der Waals surface area contributed by atoms with Crippen LogP contribution in [-0.4, -0.2) is 48.5 Å². The fraction of sp³-hybridized carbons (Fsp3) is 0.350. The number of rotatable bonds is 5. The van der Waals surface area contributed by atoms with Crippen LogP contribution in [0.5, 0.6) is 0 Å². The lowest BCUT2D eigenvalue weighted by atomic mass is 10.1. The van der Waals surface area contributed by atoms with E-state index in [9.17, 15) is 4.39 Å². The summed E-state index contributed by atoms with van der Waals surface area (Å²) in [5.74, 6) is 1.70. The number of benzene rings is 1. The van der Waals surface area contributed by atoms with Gasteiger partial charge in [0.15, 0.2) is 0 Å². The van der Waals surface area contributed by atoms with Crippen molar-refractivity contribution >= 4 is 23.3 Å². The van der Waals surface area contributed by atoms with E-state index in [-0.39, 0.29) is 0 Å². The topological polar surface area (TPSA) is 70.3 Å². The summed E-state index contributed by atoms with van der Waals surface area (Å²) in [4.78, 5) is 12.9. The number of nitrogens with one attached hydrogen (secondary N) is 1. The van der Waals surface area contributed by atoms with Crippen molar-refractivity contribution < 1.29 is 8.91 Å². The maximum atomic E-state index is 13.3. The summed E-state index contributed by atoms with van der Waals surface area (Å²) in [6.07, 6.45) is 1.98. The molecule has 3 heterocycles. The average molecular weight is 382 g/mol. The average Bonchev–Trinajstić information content (AvgIpc) is 3.17. The molecule has 1 aromatic carbocycles. The highest BCUT2D eigenvalue weighted by atomic mass is 19.1. The van der Waals surface area contributed by atoms with Gasteiger partial charge >= 0.3 is 0 Å². The molecule has 0 spiro atoms. The maximum absolute atomic E-state index is 13.3. The Kier molecular flexibility index (Phi) is 5.10. The van der Waals surface area contributed by atoms with Gasteiger partial charge in [0.2, 0.25) is 11.8 Å². The second kappa shape index (κ2) is 7.84. The quantitative estimate of drug-likeness (QED) is 0.718. The Morgan fingerprint density at radius 3 is 2.61 bits per heavy atom. The van der Waals surface area contributed by atoms with E-state index < -0.39 is 6.17 Å². The molecule has 1 fully saturated rings. The van der Waals surface area contributed by atoms with Crippen LogP contribution in [0.2, 0.25) is 0 Å².